The van der Waals surface area contributed by atoms with Crippen LogP contribution in [-0.2, 0) is 42.8 Å². The van der Waals surface area contributed by atoms with Crippen molar-refractivity contribution < 1.29 is 64.4 Å². The summed E-state index contributed by atoms with van der Waals surface area (Å²) in [6.07, 6.45) is 1.40. The highest BCUT2D eigenvalue weighted by atomic mass is 19.2. The van der Waals surface area contributed by atoms with Crippen molar-refractivity contribution in [2.24, 2.45) is 5.73 Å². The van der Waals surface area contributed by atoms with Gasteiger partial charge in [0.05, 0.1) is 0 Å². The molecular formula is C46H60F6N8O8. The Morgan fingerprint density at radius 1 is 0.721 bits per heavy atom. The fraction of sp³-hybridized carbons (Fsp3) is 0.565. The summed E-state index contributed by atoms with van der Waals surface area (Å²) in [5, 5.41) is 17.5. The van der Waals surface area contributed by atoms with Crippen molar-refractivity contribution in [2.45, 2.75) is 154 Å². The number of amides is 3. The number of nitrogens with one attached hydrogen (secondary N) is 1. The summed E-state index contributed by atoms with van der Waals surface area (Å²) in [6.45, 7) is 17.5. The average Bonchev–Trinajstić information content (AvgIpc) is 4.05. The number of carbonyl (C=O) groups excluding carboxylic acids is 3. The monoisotopic (exact) mass is 966 g/mol. The number of hydrogen-bond donors (Lipinski definition) is 3. The number of nitrogens with two attached hydrogens (primary N) is 1. The summed E-state index contributed by atoms with van der Waals surface area (Å²) < 4.78 is 97.9. The second-order valence-corrected chi connectivity index (χ2v) is 19.6. The molecule has 2 aromatic heterocycles. The van der Waals surface area contributed by atoms with Gasteiger partial charge in [0.15, 0.2) is 34.9 Å². The molecule has 4 heterocycles. The maximum absolute atomic E-state index is 14.3. The molecule has 0 radical (unpaired) electrons. The number of likely N-dealkylation sites (tertiary alicyclic amines) is 2. The first-order chi connectivity index (χ1) is 31.6. The lowest BCUT2D eigenvalue weighted by Crippen LogP contribution is -2.44. The molecule has 0 saturated carbocycles. The van der Waals surface area contributed by atoms with Crippen molar-refractivity contribution in [1.82, 2.24) is 35.4 Å². The Kier molecular flexibility index (Phi) is 18.3. The van der Waals surface area contributed by atoms with Crippen LogP contribution in [0.5, 0.6) is 0 Å². The van der Waals surface area contributed by atoms with Crippen LogP contribution in [0, 0.1) is 34.9 Å². The predicted molar refractivity (Wildman–Crippen MR) is 232 cm³/mol. The van der Waals surface area contributed by atoms with Crippen LogP contribution in [0.2, 0.25) is 0 Å². The molecular weight excluding hydrogens is 907 g/mol. The number of aromatic nitrogens is 4. The summed E-state index contributed by atoms with van der Waals surface area (Å²) in [7, 11) is 0. The minimum absolute atomic E-state index is 0.0603. The van der Waals surface area contributed by atoms with Crippen molar-refractivity contribution in [3.05, 3.63) is 93.7 Å². The van der Waals surface area contributed by atoms with Gasteiger partial charge in [-0.2, -0.15) is 9.97 Å². The fourth-order valence-corrected chi connectivity index (χ4v) is 7.37. The molecule has 4 atom stereocenters. The standard InChI is InChI=1S/C25H33F3N4O4.C20H25F3N4O2.CH2O2/c1-24(2,3)22-30-21(36-31-22)19-8-7-9-32(19)20(33)12-15(29-23(34)35-25(4,5)6)10-14-11-17(27)18(28)13-16(14)26;1-20(2,3)19-25-18(29-26-19)16-5-4-6-27(16)17(28)9-12(24)7-11-8-14(22)15(23)10-13(11)21;2-1-3/h11,13,15,19H,7-10,12H2,1-6H3,(H,29,34);8,10,12,16H,4-7,9,24H2,1-3H3;1H,(H,2,3)/t15-,19+;12-,16+;/m11./s1. The van der Waals surface area contributed by atoms with E-state index in [-0.39, 0.29) is 72.0 Å². The van der Waals surface area contributed by atoms with Crippen LogP contribution in [0.1, 0.15) is 147 Å². The Hall–Kier alpha value is -6.06. The highest BCUT2D eigenvalue weighted by molar-refractivity contribution is 5.79. The van der Waals surface area contributed by atoms with Crippen LogP contribution in [0.15, 0.2) is 33.3 Å². The number of carboxylic acid groups (broad SMARTS) is 1. The molecule has 2 aromatic carbocycles. The van der Waals surface area contributed by atoms with E-state index in [0.717, 1.165) is 18.6 Å². The molecule has 2 aliphatic heterocycles. The molecule has 68 heavy (non-hydrogen) atoms. The molecule has 4 N–H and O–H groups in total. The maximum atomic E-state index is 14.3. The van der Waals surface area contributed by atoms with Crippen molar-refractivity contribution >= 4 is 24.4 Å². The Labute approximate surface area is 390 Å². The van der Waals surface area contributed by atoms with Crippen LogP contribution >= 0.6 is 0 Å². The number of rotatable bonds is 11. The zero-order valence-electron chi connectivity index (χ0n) is 39.6. The van der Waals surface area contributed by atoms with Crippen LogP contribution in [0.25, 0.3) is 0 Å². The van der Waals surface area contributed by atoms with E-state index >= 15 is 0 Å². The molecule has 6 rings (SSSR count). The van der Waals surface area contributed by atoms with E-state index in [4.69, 9.17) is 29.4 Å². The van der Waals surface area contributed by atoms with Gasteiger partial charge in [-0.15, -0.1) is 0 Å². The van der Waals surface area contributed by atoms with E-state index in [1.807, 2.05) is 41.5 Å². The first-order valence-corrected chi connectivity index (χ1v) is 22.0. The van der Waals surface area contributed by atoms with Gasteiger partial charge in [-0.3, -0.25) is 14.4 Å². The third-order valence-electron chi connectivity index (χ3n) is 10.6. The second kappa shape index (κ2) is 22.8. The molecule has 4 aromatic rings. The number of alkyl carbamates (subject to hydrolysis) is 1. The molecule has 0 bridgehead atoms. The van der Waals surface area contributed by atoms with Crippen LogP contribution < -0.4 is 11.1 Å². The average molecular weight is 967 g/mol. The van der Waals surface area contributed by atoms with Crippen molar-refractivity contribution in [2.75, 3.05) is 13.1 Å². The number of halogens is 6. The molecule has 0 spiro atoms. The van der Waals surface area contributed by atoms with Gasteiger partial charge in [0.2, 0.25) is 23.6 Å². The van der Waals surface area contributed by atoms with Gasteiger partial charge in [-0.05, 0) is 82.6 Å². The van der Waals surface area contributed by atoms with Crippen LogP contribution in [0.4, 0.5) is 31.1 Å². The largest absolute Gasteiger partial charge is 0.483 e. The quantitative estimate of drug-likeness (QED) is 0.0736. The van der Waals surface area contributed by atoms with Crippen molar-refractivity contribution in [3.8, 4) is 0 Å². The normalized spacial score (nSPS) is 17.1. The van der Waals surface area contributed by atoms with E-state index in [0.29, 0.717) is 67.9 Å². The molecule has 0 unspecified atom stereocenters. The Bertz CT molecular complexity index is 2380. The predicted octanol–water partition coefficient (Wildman–Crippen LogP) is 8.08. The van der Waals surface area contributed by atoms with Gasteiger partial charge in [0.25, 0.3) is 6.47 Å². The Morgan fingerprint density at radius 2 is 1.12 bits per heavy atom. The van der Waals surface area contributed by atoms with Crippen molar-refractivity contribution in [3.63, 3.8) is 0 Å². The van der Waals surface area contributed by atoms with Gasteiger partial charge < -0.3 is 39.7 Å². The van der Waals surface area contributed by atoms with Gasteiger partial charge in [0.1, 0.15) is 29.3 Å². The summed E-state index contributed by atoms with van der Waals surface area (Å²) in [5.74, 6) is -5.56. The zero-order chi connectivity index (χ0) is 50.9. The smallest absolute Gasteiger partial charge is 0.407 e. The summed E-state index contributed by atoms with van der Waals surface area (Å²) in [5.41, 5.74) is 4.35. The molecule has 3 amide bonds. The molecule has 2 aliphatic rings. The molecule has 2 saturated heterocycles. The maximum Gasteiger partial charge on any atom is 0.407 e. The summed E-state index contributed by atoms with van der Waals surface area (Å²) in [6, 6.07) is -0.00340. The molecule has 16 nitrogen and oxygen atoms in total. The lowest BCUT2D eigenvalue weighted by molar-refractivity contribution is -0.133. The first-order valence-electron chi connectivity index (χ1n) is 22.0. The number of carbonyl (C=O) groups is 4. The zero-order valence-corrected chi connectivity index (χ0v) is 39.6. The number of ether oxygens (including phenoxy) is 1. The number of nitrogens with zero attached hydrogens (tertiary/aromatic N) is 6. The molecule has 374 valence electrons. The topological polar surface area (TPSA) is 220 Å². The van der Waals surface area contributed by atoms with Crippen molar-refractivity contribution in [1.29, 1.82) is 0 Å². The molecule has 22 heteroatoms. The summed E-state index contributed by atoms with van der Waals surface area (Å²) in [4.78, 5) is 59.0. The SMILES string of the molecule is CC(C)(C)OC(=O)N[C@@H](CC(=O)N1CCC[C@H]1c1nc(C(C)(C)C)no1)Cc1cc(F)c(F)cc1F.CC(C)(C)c1noc([C@@H]2CCCN2C(=O)C[C@H](N)Cc2cc(F)c(F)cc2F)n1.O=CO. The third-order valence-corrected chi connectivity index (χ3v) is 10.6. The van der Waals surface area contributed by atoms with Gasteiger partial charge in [-0.25, -0.2) is 31.1 Å². The Morgan fingerprint density at radius 3 is 1.51 bits per heavy atom. The van der Waals surface area contributed by atoms with E-state index < -0.39 is 64.7 Å². The van der Waals surface area contributed by atoms with E-state index in [9.17, 15) is 40.7 Å². The first kappa shape index (κ1) is 54.5. The minimum Gasteiger partial charge on any atom is -0.483 e. The number of hydrogen-bond acceptors (Lipinski definition) is 12. The number of benzene rings is 2. The third kappa shape index (κ3) is 15.2. The summed E-state index contributed by atoms with van der Waals surface area (Å²) >= 11 is 0. The van der Waals surface area contributed by atoms with Crippen LogP contribution in [0.3, 0.4) is 0 Å². The fourth-order valence-electron chi connectivity index (χ4n) is 7.37. The molecule has 2 fully saturated rings. The minimum atomic E-state index is -1.32. The lowest BCUT2D eigenvalue weighted by atomic mass is 9.96. The van der Waals surface area contributed by atoms with Gasteiger partial charge in [0, 0.05) is 61.0 Å². The second-order valence-electron chi connectivity index (χ2n) is 19.6. The lowest BCUT2D eigenvalue weighted by Gasteiger charge is -2.27. The van der Waals surface area contributed by atoms with E-state index in [2.05, 4.69) is 25.6 Å². The Balaban J connectivity index is 0.000000286. The highest BCUT2D eigenvalue weighted by Gasteiger charge is 2.38. The van der Waals surface area contributed by atoms with E-state index in [1.165, 1.54) is 0 Å². The van der Waals surface area contributed by atoms with Crippen LogP contribution in [-0.4, -0.2) is 90.3 Å². The van der Waals surface area contributed by atoms with Gasteiger partial charge in [-0.1, -0.05) is 51.9 Å². The highest BCUT2D eigenvalue weighted by Crippen LogP contribution is 2.35. The van der Waals surface area contributed by atoms with E-state index in [1.54, 1.807) is 30.6 Å². The van der Waals surface area contributed by atoms with Gasteiger partial charge >= 0.3 is 6.09 Å². The molecule has 0 aliphatic carbocycles.